The van der Waals surface area contributed by atoms with E-state index in [4.69, 9.17) is 23.2 Å². The van der Waals surface area contributed by atoms with E-state index < -0.39 is 28.3 Å². The Kier molecular flexibility index (Phi) is 7.19. The molecule has 0 bridgehead atoms. The molecule has 3 aromatic carbocycles. The van der Waals surface area contributed by atoms with E-state index >= 15 is 0 Å². The number of thioether (sulfide) groups is 1. The first kappa shape index (κ1) is 23.9. The van der Waals surface area contributed by atoms with E-state index in [2.05, 4.69) is 5.32 Å². The number of nitrogens with zero attached hydrogens (tertiary/aromatic N) is 1. The third kappa shape index (κ3) is 5.14. The van der Waals surface area contributed by atoms with Crippen LogP contribution in [-0.4, -0.2) is 33.2 Å². The molecule has 5 nitrogen and oxygen atoms in total. The normalized spacial score (nSPS) is 13.8. The summed E-state index contributed by atoms with van der Waals surface area (Å²) in [5.41, 5.74) is 2.07. The lowest BCUT2D eigenvalue weighted by Crippen LogP contribution is -2.43. The Morgan fingerprint density at radius 3 is 2.61 bits per heavy atom. The van der Waals surface area contributed by atoms with E-state index in [0.717, 1.165) is 9.87 Å². The minimum atomic E-state index is -3.96. The van der Waals surface area contributed by atoms with Crippen LogP contribution < -0.4 is 9.62 Å². The van der Waals surface area contributed by atoms with Crippen molar-refractivity contribution in [2.75, 3.05) is 23.1 Å². The highest BCUT2D eigenvalue weighted by molar-refractivity contribution is 7.98. The molecule has 4 rings (SSSR count). The molecule has 0 radical (unpaired) electrons. The third-order valence-corrected chi connectivity index (χ3v) is 8.51. The molecule has 0 saturated heterocycles. The second-order valence-corrected chi connectivity index (χ2v) is 11.1. The van der Waals surface area contributed by atoms with Crippen molar-refractivity contribution in [2.24, 2.45) is 0 Å². The van der Waals surface area contributed by atoms with Crippen molar-refractivity contribution in [3.05, 3.63) is 82.1 Å². The Labute approximate surface area is 205 Å². The molecule has 1 heterocycles. The van der Waals surface area contributed by atoms with Crippen molar-refractivity contribution >= 4 is 56.6 Å². The summed E-state index contributed by atoms with van der Waals surface area (Å²) in [6.07, 6.45) is 0. The molecule has 0 aliphatic carbocycles. The van der Waals surface area contributed by atoms with Crippen molar-refractivity contribution in [3.8, 4) is 11.1 Å². The standard InChI is InChI=1S/C23H19Cl2FN2O3S2/c24-16-6-5-15(20(25)11-16)14-32-10-9-27-23(29)13-28-21-8-7-17(26)12-19(21)18-3-1-2-4-22(18)33(28,30)31/h1-8,11-12H,9-10,13-14H2,(H,27,29). The first-order valence-corrected chi connectivity index (χ1v) is 13.3. The summed E-state index contributed by atoms with van der Waals surface area (Å²) in [5, 5.41) is 3.91. The number of carbonyl (C=O) groups excluding carboxylic acids is 1. The fourth-order valence-corrected chi connectivity index (χ4v) is 6.61. The van der Waals surface area contributed by atoms with Crippen LogP contribution in [-0.2, 0) is 20.6 Å². The van der Waals surface area contributed by atoms with Gasteiger partial charge in [0.1, 0.15) is 12.4 Å². The summed E-state index contributed by atoms with van der Waals surface area (Å²) in [5.74, 6) is 0.341. The van der Waals surface area contributed by atoms with Gasteiger partial charge in [-0.05, 0) is 42.0 Å². The Morgan fingerprint density at radius 2 is 1.82 bits per heavy atom. The molecule has 0 unspecified atom stereocenters. The summed E-state index contributed by atoms with van der Waals surface area (Å²) < 4.78 is 41.3. The molecule has 10 heteroatoms. The van der Waals surface area contributed by atoms with Crippen LogP contribution in [0, 0.1) is 5.82 Å². The van der Waals surface area contributed by atoms with Gasteiger partial charge in [-0.15, -0.1) is 0 Å². The van der Waals surface area contributed by atoms with Crippen LogP contribution in [0.15, 0.2) is 65.6 Å². The number of halogens is 3. The molecule has 0 saturated carbocycles. The molecule has 1 amide bonds. The first-order chi connectivity index (χ1) is 15.8. The van der Waals surface area contributed by atoms with Gasteiger partial charge in [0.2, 0.25) is 5.91 Å². The first-order valence-electron chi connectivity index (χ1n) is 9.97. The SMILES string of the molecule is O=C(CN1c2ccc(F)cc2-c2ccccc2S1(=O)=O)NCCSCc1ccc(Cl)cc1Cl. The summed E-state index contributed by atoms with van der Waals surface area (Å²) in [6, 6.07) is 15.6. The number of carbonyl (C=O) groups is 1. The number of fused-ring (bicyclic) bond motifs is 3. The fourth-order valence-electron chi connectivity index (χ4n) is 3.54. The van der Waals surface area contributed by atoms with Crippen molar-refractivity contribution < 1.29 is 17.6 Å². The second-order valence-electron chi connectivity index (χ2n) is 7.31. The zero-order valence-corrected chi connectivity index (χ0v) is 20.4. The molecule has 1 aliphatic heterocycles. The van der Waals surface area contributed by atoms with Gasteiger partial charge in [0.15, 0.2) is 0 Å². The van der Waals surface area contributed by atoms with Crippen molar-refractivity contribution in [3.63, 3.8) is 0 Å². The van der Waals surface area contributed by atoms with Crippen LogP contribution in [0.5, 0.6) is 0 Å². The van der Waals surface area contributed by atoms with Crippen LogP contribution in [0.1, 0.15) is 5.56 Å². The smallest absolute Gasteiger partial charge is 0.265 e. The van der Waals surface area contributed by atoms with Gasteiger partial charge in [-0.2, -0.15) is 11.8 Å². The Bertz CT molecular complexity index is 1320. The average Bonchev–Trinajstić information content (AvgIpc) is 2.78. The van der Waals surface area contributed by atoms with Gasteiger partial charge in [-0.3, -0.25) is 9.10 Å². The summed E-state index contributed by atoms with van der Waals surface area (Å²) in [6.45, 7) is -0.0432. The van der Waals surface area contributed by atoms with Crippen LogP contribution in [0.3, 0.4) is 0 Å². The van der Waals surface area contributed by atoms with Gasteiger partial charge in [0, 0.05) is 39.2 Å². The largest absolute Gasteiger partial charge is 0.354 e. The quantitative estimate of drug-likeness (QED) is 0.422. The van der Waals surface area contributed by atoms with E-state index in [1.807, 2.05) is 6.07 Å². The number of sulfonamides is 1. The van der Waals surface area contributed by atoms with Gasteiger partial charge < -0.3 is 5.32 Å². The van der Waals surface area contributed by atoms with Crippen LogP contribution >= 0.6 is 35.0 Å². The number of benzene rings is 3. The molecule has 3 aromatic rings. The molecular formula is C23H19Cl2FN2O3S2. The highest BCUT2D eigenvalue weighted by Gasteiger charge is 2.35. The van der Waals surface area contributed by atoms with Gasteiger partial charge in [-0.1, -0.05) is 47.5 Å². The van der Waals surface area contributed by atoms with Crippen molar-refractivity contribution in [1.82, 2.24) is 5.32 Å². The monoisotopic (exact) mass is 524 g/mol. The molecule has 0 atom stereocenters. The highest BCUT2D eigenvalue weighted by atomic mass is 35.5. The molecular weight excluding hydrogens is 506 g/mol. The van der Waals surface area contributed by atoms with Gasteiger partial charge in [0.25, 0.3) is 10.0 Å². The number of nitrogens with one attached hydrogen (secondary N) is 1. The third-order valence-electron chi connectivity index (χ3n) is 5.10. The second kappa shape index (κ2) is 9.93. The lowest BCUT2D eigenvalue weighted by atomic mass is 10.0. The van der Waals surface area contributed by atoms with E-state index in [1.54, 1.807) is 42.1 Å². The number of rotatable bonds is 7. The zero-order valence-electron chi connectivity index (χ0n) is 17.2. The number of hydrogen-bond acceptors (Lipinski definition) is 4. The molecule has 1 N–H and O–H groups in total. The predicted molar refractivity (Wildman–Crippen MR) is 132 cm³/mol. The average molecular weight is 525 g/mol. The molecule has 0 spiro atoms. The van der Waals surface area contributed by atoms with Crippen molar-refractivity contribution in [1.29, 1.82) is 0 Å². The number of amides is 1. The van der Waals surface area contributed by atoms with Gasteiger partial charge in [-0.25, -0.2) is 12.8 Å². The highest BCUT2D eigenvalue weighted by Crippen LogP contribution is 2.42. The van der Waals surface area contributed by atoms with Crippen molar-refractivity contribution in [2.45, 2.75) is 10.6 Å². The maximum absolute atomic E-state index is 13.9. The lowest BCUT2D eigenvalue weighted by molar-refractivity contribution is -0.119. The molecule has 0 fully saturated rings. The fraction of sp³-hybridized carbons (Fsp3) is 0.174. The van der Waals surface area contributed by atoms with Gasteiger partial charge in [0.05, 0.1) is 10.6 Å². The van der Waals surface area contributed by atoms with E-state index in [1.165, 1.54) is 24.3 Å². The Morgan fingerprint density at radius 1 is 1.03 bits per heavy atom. The molecule has 1 aliphatic rings. The zero-order chi connectivity index (χ0) is 23.6. The van der Waals surface area contributed by atoms with Crippen LogP contribution in [0.4, 0.5) is 10.1 Å². The summed E-state index contributed by atoms with van der Waals surface area (Å²) >= 11 is 13.6. The maximum Gasteiger partial charge on any atom is 0.265 e. The Hall–Kier alpha value is -2.26. The minimum Gasteiger partial charge on any atom is -0.354 e. The predicted octanol–water partition coefficient (Wildman–Crippen LogP) is 5.36. The maximum atomic E-state index is 13.9. The topological polar surface area (TPSA) is 66.5 Å². The number of hydrogen-bond donors (Lipinski definition) is 1. The lowest BCUT2D eigenvalue weighted by Gasteiger charge is -2.31. The molecule has 0 aromatic heterocycles. The number of anilines is 1. The van der Waals surface area contributed by atoms with Crippen LogP contribution in [0.25, 0.3) is 11.1 Å². The minimum absolute atomic E-state index is 0.0475. The van der Waals surface area contributed by atoms with E-state index in [9.17, 15) is 17.6 Å². The van der Waals surface area contributed by atoms with Crippen LogP contribution in [0.2, 0.25) is 10.0 Å². The molecule has 172 valence electrons. The summed E-state index contributed by atoms with van der Waals surface area (Å²) in [4.78, 5) is 12.6. The molecule has 33 heavy (non-hydrogen) atoms. The Balaban J connectivity index is 1.40. The van der Waals surface area contributed by atoms with Gasteiger partial charge >= 0.3 is 0 Å². The van der Waals surface area contributed by atoms with E-state index in [0.29, 0.717) is 39.2 Å². The summed E-state index contributed by atoms with van der Waals surface area (Å²) in [7, 11) is -3.96. The van der Waals surface area contributed by atoms with E-state index in [-0.39, 0.29) is 10.6 Å².